The van der Waals surface area contributed by atoms with Crippen LogP contribution >= 0.6 is 0 Å². The van der Waals surface area contributed by atoms with E-state index in [0.29, 0.717) is 0 Å². The summed E-state index contributed by atoms with van der Waals surface area (Å²) in [7, 11) is -0.136. The van der Waals surface area contributed by atoms with Gasteiger partial charge in [0, 0.05) is 6.54 Å². The van der Waals surface area contributed by atoms with Gasteiger partial charge in [0.2, 0.25) is 0 Å². The molecule has 1 rings (SSSR count). The maximum absolute atomic E-state index is 5.46. The summed E-state index contributed by atoms with van der Waals surface area (Å²) in [6, 6.07) is 0. The second-order valence-electron chi connectivity index (χ2n) is 2.78. The van der Waals surface area contributed by atoms with E-state index in [4.69, 9.17) is 4.74 Å². The molecule has 0 aliphatic carbocycles. The summed E-state index contributed by atoms with van der Waals surface area (Å²) >= 11 is 0. The molecule has 0 aromatic carbocycles. The molecule has 0 radical (unpaired) electrons. The van der Waals surface area contributed by atoms with Gasteiger partial charge in [0.25, 0.3) is 0 Å². The van der Waals surface area contributed by atoms with E-state index in [0.717, 1.165) is 13.2 Å². The Hall–Kier alpha value is 0.137. The molecule has 0 unspecified atom stereocenters. The average molecular weight is 131 g/mol. The van der Waals surface area contributed by atoms with Gasteiger partial charge in [-0.15, -0.1) is 0 Å². The van der Waals surface area contributed by atoms with Crippen LogP contribution in [0.2, 0.25) is 0 Å². The third kappa shape index (κ3) is 1.58. The van der Waals surface area contributed by atoms with Crippen molar-refractivity contribution < 1.29 is 4.74 Å². The molecule has 1 fully saturated rings. The molecular formula is C5H13NOSi. The second kappa shape index (κ2) is 2.17. The van der Waals surface area contributed by atoms with Crippen molar-refractivity contribution in [3.63, 3.8) is 0 Å². The largest absolute Gasteiger partial charge is 0.377 e. The van der Waals surface area contributed by atoms with Gasteiger partial charge in [-0.1, -0.05) is 0 Å². The molecule has 0 amide bonds. The van der Waals surface area contributed by atoms with Crippen molar-refractivity contribution in [2.75, 3.05) is 13.2 Å². The van der Waals surface area contributed by atoms with E-state index >= 15 is 0 Å². The maximum atomic E-state index is 5.46. The lowest BCUT2D eigenvalue weighted by atomic mass is 10.4. The fourth-order valence-electron chi connectivity index (χ4n) is 0.840. The van der Waals surface area contributed by atoms with E-state index in [-0.39, 0.29) is 14.9 Å². The fourth-order valence-corrected chi connectivity index (χ4v) is 2.01. The highest BCUT2D eigenvalue weighted by molar-refractivity contribution is 6.36. The van der Waals surface area contributed by atoms with Crippen molar-refractivity contribution in [1.29, 1.82) is 0 Å². The Morgan fingerprint density at radius 1 is 1.62 bits per heavy atom. The van der Waals surface area contributed by atoms with E-state index in [1.54, 1.807) is 0 Å². The summed E-state index contributed by atoms with van der Waals surface area (Å²) in [6.07, 6.45) is 0. The number of hydrogen-bond donors (Lipinski definition) is 1. The van der Waals surface area contributed by atoms with Crippen LogP contribution in [0.3, 0.4) is 0 Å². The molecule has 2 nitrogen and oxygen atoms in total. The minimum atomic E-state index is -0.136. The van der Waals surface area contributed by atoms with Crippen LogP contribution in [0.5, 0.6) is 0 Å². The van der Waals surface area contributed by atoms with Crippen LogP contribution in [0.1, 0.15) is 13.8 Å². The molecule has 0 aromatic heterocycles. The highest BCUT2D eigenvalue weighted by Gasteiger charge is 2.21. The summed E-state index contributed by atoms with van der Waals surface area (Å²) in [6.45, 7) is 6.27. The summed E-state index contributed by atoms with van der Waals surface area (Å²) in [5.41, 5.74) is 0. The van der Waals surface area contributed by atoms with Gasteiger partial charge in [-0.05, 0) is 13.8 Å². The smallest absolute Gasteiger partial charge is 0.127 e. The van der Waals surface area contributed by atoms with E-state index in [1.807, 2.05) is 0 Å². The van der Waals surface area contributed by atoms with Crippen LogP contribution in [0.4, 0.5) is 0 Å². The Morgan fingerprint density at radius 2 is 2.38 bits per heavy atom. The van der Waals surface area contributed by atoms with Gasteiger partial charge in [0.05, 0.1) is 11.8 Å². The van der Waals surface area contributed by atoms with Gasteiger partial charge >= 0.3 is 0 Å². The minimum absolute atomic E-state index is 0.136. The molecule has 8 heavy (non-hydrogen) atoms. The first-order valence-corrected chi connectivity index (χ1v) is 4.47. The van der Waals surface area contributed by atoms with Gasteiger partial charge in [0.15, 0.2) is 0 Å². The zero-order valence-corrected chi connectivity index (χ0v) is 6.94. The van der Waals surface area contributed by atoms with E-state index in [9.17, 15) is 0 Å². The SMILES string of the molecule is CC1(C)OCCN[SiH2]1. The van der Waals surface area contributed by atoms with Crippen molar-refractivity contribution in [1.82, 2.24) is 4.98 Å². The Balaban J connectivity index is 2.33. The molecule has 0 saturated carbocycles. The van der Waals surface area contributed by atoms with Crippen molar-refractivity contribution in [2.24, 2.45) is 0 Å². The average Bonchev–Trinajstić information content (AvgIpc) is 1.65. The lowest BCUT2D eigenvalue weighted by Crippen LogP contribution is -2.48. The van der Waals surface area contributed by atoms with Gasteiger partial charge in [-0.25, -0.2) is 0 Å². The van der Waals surface area contributed by atoms with Crippen molar-refractivity contribution >= 4 is 9.68 Å². The molecule has 0 spiro atoms. The van der Waals surface area contributed by atoms with Gasteiger partial charge in [0.1, 0.15) is 9.68 Å². The standard InChI is InChI=1S/C5H13NOSi/c1-5(2)7-4-3-6-8-5/h6H,3-4,8H2,1-2H3. The predicted molar refractivity (Wildman–Crippen MR) is 36.6 cm³/mol. The highest BCUT2D eigenvalue weighted by Crippen LogP contribution is 2.06. The van der Waals surface area contributed by atoms with Crippen LogP contribution < -0.4 is 4.98 Å². The molecule has 1 saturated heterocycles. The molecule has 0 atom stereocenters. The first-order chi connectivity index (χ1) is 3.71. The summed E-state index contributed by atoms with van der Waals surface area (Å²) in [5.74, 6) is 0. The molecule has 3 heteroatoms. The quantitative estimate of drug-likeness (QED) is 0.444. The normalized spacial score (nSPS) is 30.8. The van der Waals surface area contributed by atoms with Crippen LogP contribution in [-0.2, 0) is 4.74 Å². The summed E-state index contributed by atoms with van der Waals surface area (Å²) < 4.78 is 5.46. The molecule has 1 N–H and O–H groups in total. The third-order valence-electron chi connectivity index (χ3n) is 1.32. The lowest BCUT2D eigenvalue weighted by Gasteiger charge is -2.29. The number of hydrogen-bond acceptors (Lipinski definition) is 2. The third-order valence-corrected chi connectivity index (χ3v) is 2.98. The lowest BCUT2D eigenvalue weighted by molar-refractivity contribution is 0.0337. The molecule has 1 aliphatic heterocycles. The van der Waals surface area contributed by atoms with Crippen LogP contribution in [0.25, 0.3) is 0 Å². The molecule has 1 heterocycles. The molecule has 1 aliphatic rings. The second-order valence-corrected chi connectivity index (χ2v) is 5.34. The van der Waals surface area contributed by atoms with Crippen molar-refractivity contribution in [3.8, 4) is 0 Å². The van der Waals surface area contributed by atoms with Gasteiger partial charge in [-0.3, -0.25) is 0 Å². The zero-order valence-electron chi connectivity index (χ0n) is 5.53. The number of rotatable bonds is 0. The van der Waals surface area contributed by atoms with Crippen LogP contribution in [0.15, 0.2) is 0 Å². The molecule has 48 valence electrons. The van der Waals surface area contributed by atoms with Crippen LogP contribution in [-0.4, -0.2) is 28.1 Å². The monoisotopic (exact) mass is 131 g/mol. The van der Waals surface area contributed by atoms with Crippen molar-refractivity contribution in [2.45, 2.75) is 19.1 Å². The minimum Gasteiger partial charge on any atom is -0.377 e. The molecule has 0 bridgehead atoms. The first-order valence-electron chi connectivity index (χ1n) is 3.05. The molecule has 0 aromatic rings. The summed E-state index contributed by atoms with van der Waals surface area (Å²) in [5, 5.41) is 0.207. The number of ether oxygens (including phenoxy) is 1. The Bertz CT molecular complexity index is 76.5. The van der Waals surface area contributed by atoms with E-state index in [2.05, 4.69) is 18.8 Å². The van der Waals surface area contributed by atoms with E-state index in [1.165, 1.54) is 0 Å². The first kappa shape index (κ1) is 6.26. The van der Waals surface area contributed by atoms with E-state index < -0.39 is 0 Å². The summed E-state index contributed by atoms with van der Waals surface area (Å²) in [4.78, 5) is 3.39. The van der Waals surface area contributed by atoms with Gasteiger partial charge < -0.3 is 9.72 Å². The fraction of sp³-hybridized carbons (Fsp3) is 1.00. The molecular weight excluding hydrogens is 118 g/mol. The van der Waals surface area contributed by atoms with Crippen LogP contribution in [0, 0.1) is 0 Å². The topological polar surface area (TPSA) is 21.3 Å². The van der Waals surface area contributed by atoms with Crippen molar-refractivity contribution in [3.05, 3.63) is 0 Å². The Labute approximate surface area is 52.5 Å². The zero-order chi connectivity index (χ0) is 6.04. The van der Waals surface area contributed by atoms with Gasteiger partial charge in [-0.2, -0.15) is 0 Å². The number of nitrogens with one attached hydrogen (secondary N) is 1. The maximum Gasteiger partial charge on any atom is 0.127 e. The Morgan fingerprint density at radius 3 is 2.62 bits per heavy atom. The highest BCUT2D eigenvalue weighted by atomic mass is 28.2. The predicted octanol–water partition coefficient (Wildman–Crippen LogP) is -0.574. The Kier molecular flexibility index (Phi) is 1.70.